The van der Waals surface area contributed by atoms with E-state index in [-0.39, 0.29) is 25.5 Å². The lowest BCUT2D eigenvalue weighted by Crippen LogP contribution is -2.59. The fraction of sp³-hybridized carbons (Fsp3) is 0.440. The summed E-state index contributed by atoms with van der Waals surface area (Å²) in [5.74, 6) is 0.608. The zero-order valence-electron chi connectivity index (χ0n) is 19.2. The zero-order chi connectivity index (χ0) is 23.5. The molecule has 0 spiro atoms. The predicted octanol–water partition coefficient (Wildman–Crippen LogP) is 5.03. The van der Waals surface area contributed by atoms with E-state index in [9.17, 15) is 9.59 Å². The van der Waals surface area contributed by atoms with Gasteiger partial charge in [-0.05, 0) is 68.7 Å². The van der Waals surface area contributed by atoms with E-state index >= 15 is 4.39 Å². The molecule has 32 heavy (non-hydrogen) atoms. The Labute approximate surface area is 188 Å². The Hall–Kier alpha value is -2.93. The molecule has 1 aliphatic heterocycles. The van der Waals surface area contributed by atoms with Crippen molar-refractivity contribution >= 4 is 11.9 Å². The molecule has 1 saturated heterocycles. The molecule has 1 aliphatic rings. The molecular formula is C25H30FNO5. The standard InChI is InChI=1S/C25H30FNO5/c1-17(28)20-10-19(14-31-13-18-6-8-22(30-5)9-7-18)11-21(12-20)25(26)15-27(16-25)23(29)32-24(2,3)4/h6-12H,13-16H2,1-5H3. The Morgan fingerprint density at radius 2 is 1.66 bits per heavy atom. The van der Waals surface area contributed by atoms with E-state index in [4.69, 9.17) is 14.2 Å². The summed E-state index contributed by atoms with van der Waals surface area (Å²) in [4.78, 5) is 25.5. The van der Waals surface area contributed by atoms with Crippen LogP contribution >= 0.6 is 0 Å². The average molecular weight is 444 g/mol. The molecule has 0 aromatic heterocycles. The predicted molar refractivity (Wildman–Crippen MR) is 119 cm³/mol. The molecule has 0 N–H and O–H groups in total. The van der Waals surface area contributed by atoms with E-state index in [1.165, 1.54) is 11.8 Å². The number of amides is 1. The van der Waals surface area contributed by atoms with Crippen LogP contribution in [0.2, 0.25) is 0 Å². The van der Waals surface area contributed by atoms with Gasteiger partial charge in [0.25, 0.3) is 0 Å². The van der Waals surface area contributed by atoms with Crippen LogP contribution in [0.25, 0.3) is 0 Å². The monoisotopic (exact) mass is 443 g/mol. The molecule has 2 aromatic rings. The molecule has 2 aromatic carbocycles. The van der Waals surface area contributed by atoms with Crippen molar-refractivity contribution < 1.29 is 28.2 Å². The molecule has 0 aliphatic carbocycles. The van der Waals surface area contributed by atoms with Crippen LogP contribution in [0.4, 0.5) is 9.18 Å². The van der Waals surface area contributed by atoms with E-state index < -0.39 is 17.4 Å². The molecule has 0 radical (unpaired) electrons. The minimum absolute atomic E-state index is 0.116. The number of hydrogen-bond donors (Lipinski definition) is 0. The zero-order valence-corrected chi connectivity index (χ0v) is 19.2. The van der Waals surface area contributed by atoms with Gasteiger partial charge in [0.05, 0.1) is 33.4 Å². The van der Waals surface area contributed by atoms with Crippen molar-refractivity contribution in [3.63, 3.8) is 0 Å². The molecule has 1 fully saturated rings. The Bertz CT molecular complexity index is 975. The first-order chi connectivity index (χ1) is 15.0. The van der Waals surface area contributed by atoms with Gasteiger partial charge in [-0.25, -0.2) is 9.18 Å². The average Bonchev–Trinajstić information content (AvgIpc) is 2.70. The van der Waals surface area contributed by atoms with E-state index in [0.29, 0.717) is 23.3 Å². The van der Waals surface area contributed by atoms with Gasteiger partial charge in [0.2, 0.25) is 0 Å². The summed E-state index contributed by atoms with van der Waals surface area (Å²) in [6.07, 6.45) is -0.545. The maximum Gasteiger partial charge on any atom is 0.410 e. The molecule has 1 amide bonds. The maximum atomic E-state index is 15.6. The number of ketones is 1. The van der Waals surface area contributed by atoms with Crippen molar-refractivity contribution in [2.45, 2.75) is 52.2 Å². The minimum atomic E-state index is -1.73. The summed E-state index contributed by atoms with van der Waals surface area (Å²) in [5.41, 5.74) is 0.0878. The number of rotatable bonds is 7. The third-order valence-corrected chi connectivity index (χ3v) is 5.15. The second-order valence-corrected chi connectivity index (χ2v) is 9.12. The van der Waals surface area contributed by atoms with Crippen molar-refractivity contribution in [1.82, 2.24) is 4.90 Å². The Morgan fingerprint density at radius 3 is 2.22 bits per heavy atom. The third-order valence-electron chi connectivity index (χ3n) is 5.15. The number of carbonyl (C=O) groups excluding carboxylic acids is 2. The fourth-order valence-electron chi connectivity index (χ4n) is 3.44. The number of hydrogen-bond acceptors (Lipinski definition) is 5. The Morgan fingerprint density at radius 1 is 1.03 bits per heavy atom. The number of carbonyl (C=O) groups is 2. The molecule has 0 atom stereocenters. The van der Waals surface area contributed by atoms with Crippen molar-refractivity contribution in [2.75, 3.05) is 20.2 Å². The fourth-order valence-corrected chi connectivity index (χ4v) is 3.44. The van der Waals surface area contributed by atoms with Crippen molar-refractivity contribution in [2.24, 2.45) is 0 Å². The Kier molecular flexibility index (Phi) is 6.88. The highest BCUT2D eigenvalue weighted by Crippen LogP contribution is 2.38. The lowest BCUT2D eigenvalue weighted by molar-refractivity contribution is -0.0538. The van der Waals surface area contributed by atoms with Crippen LogP contribution in [0.3, 0.4) is 0 Å². The highest BCUT2D eigenvalue weighted by molar-refractivity contribution is 5.94. The molecule has 0 bridgehead atoms. The number of benzene rings is 2. The van der Waals surface area contributed by atoms with Crippen molar-refractivity contribution in [3.8, 4) is 5.75 Å². The van der Waals surface area contributed by atoms with Gasteiger partial charge in [-0.3, -0.25) is 4.79 Å². The minimum Gasteiger partial charge on any atom is -0.497 e. The van der Waals surface area contributed by atoms with Crippen LogP contribution in [-0.2, 0) is 28.4 Å². The summed E-state index contributed by atoms with van der Waals surface area (Å²) in [6, 6.07) is 12.5. The van der Waals surface area contributed by atoms with E-state index in [0.717, 1.165) is 11.3 Å². The molecule has 0 unspecified atom stereocenters. The van der Waals surface area contributed by atoms with Gasteiger partial charge in [-0.15, -0.1) is 0 Å². The molecular weight excluding hydrogens is 413 g/mol. The number of likely N-dealkylation sites (tertiary alicyclic amines) is 1. The van der Waals surface area contributed by atoms with Gasteiger partial charge in [0.1, 0.15) is 11.4 Å². The largest absolute Gasteiger partial charge is 0.497 e. The quantitative estimate of drug-likeness (QED) is 0.562. The second-order valence-electron chi connectivity index (χ2n) is 9.12. The van der Waals surface area contributed by atoms with Crippen molar-refractivity contribution in [1.29, 1.82) is 0 Å². The first kappa shape index (κ1) is 23.7. The van der Waals surface area contributed by atoms with Gasteiger partial charge in [-0.1, -0.05) is 18.2 Å². The molecule has 6 nitrogen and oxygen atoms in total. The summed E-state index contributed by atoms with van der Waals surface area (Å²) in [5, 5.41) is 0. The van der Waals surface area contributed by atoms with Gasteiger partial charge in [0.15, 0.2) is 11.5 Å². The topological polar surface area (TPSA) is 65.1 Å². The van der Waals surface area contributed by atoms with E-state index in [1.807, 2.05) is 24.3 Å². The molecule has 7 heteroatoms. The molecule has 1 heterocycles. The number of alkyl halides is 1. The van der Waals surface area contributed by atoms with Crippen LogP contribution in [0.5, 0.6) is 5.75 Å². The summed E-state index contributed by atoms with van der Waals surface area (Å²) in [7, 11) is 1.61. The first-order valence-electron chi connectivity index (χ1n) is 10.5. The number of halogens is 1. The SMILES string of the molecule is COc1ccc(COCc2cc(C(C)=O)cc(C3(F)CN(C(=O)OC(C)(C)C)C3)c2)cc1. The number of methoxy groups -OCH3 is 1. The third kappa shape index (κ3) is 5.85. The molecule has 3 rings (SSSR count). The van der Waals surface area contributed by atoms with Gasteiger partial charge >= 0.3 is 6.09 Å². The normalized spacial score (nSPS) is 15.1. The highest BCUT2D eigenvalue weighted by atomic mass is 19.1. The van der Waals surface area contributed by atoms with E-state index in [1.54, 1.807) is 46.1 Å². The molecule has 0 saturated carbocycles. The van der Waals surface area contributed by atoms with Crippen LogP contribution in [0.1, 0.15) is 54.7 Å². The van der Waals surface area contributed by atoms with Crippen LogP contribution in [0.15, 0.2) is 42.5 Å². The first-order valence-corrected chi connectivity index (χ1v) is 10.5. The van der Waals surface area contributed by atoms with Crippen LogP contribution < -0.4 is 4.74 Å². The summed E-state index contributed by atoms with van der Waals surface area (Å²) in [6.45, 7) is 7.11. The summed E-state index contributed by atoms with van der Waals surface area (Å²) >= 11 is 0. The van der Waals surface area contributed by atoms with Gasteiger partial charge < -0.3 is 19.1 Å². The highest BCUT2D eigenvalue weighted by Gasteiger charge is 2.48. The smallest absolute Gasteiger partial charge is 0.410 e. The number of Topliss-reactive ketones (excluding diaryl/α,β-unsaturated/α-hetero) is 1. The van der Waals surface area contributed by atoms with Gasteiger partial charge in [-0.2, -0.15) is 0 Å². The lowest BCUT2D eigenvalue weighted by Gasteiger charge is -2.44. The lowest BCUT2D eigenvalue weighted by atomic mass is 9.86. The number of nitrogens with zero attached hydrogens (tertiary/aromatic N) is 1. The van der Waals surface area contributed by atoms with Crippen LogP contribution in [0, 0.1) is 0 Å². The number of ether oxygens (including phenoxy) is 3. The maximum absolute atomic E-state index is 15.6. The van der Waals surface area contributed by atoms with E-state index in [2.05, 4.69) is 0 Å². The Balaban J connectivity index is 1.68. The van der Waals surface area contributed by atoms with Gasteiger partial charge in [0, 0.05) is 5.56 Å². The van der Waals surface area contributed by atoms with Crippen molar-refractivity contribution in [3.05, 3.63) is 64.7 Å². The summed E-state index contributed by atoms with van der Waals surface area (Å²) < 4.78 is 31.8. The second kappa shape index (κ2) is 9.28. The molecule has 172 valence electrons. The van der Waals surface area contributed by atoms with Crippen LogP contribution in [-0.4, -0.2) is 42.6 Å².